The minimum absolute atomic E-state index is 0.0782. The van der Waals surface area contributed by atoms with Crippen LogP contribution in [0.4, 0.5) is 21.5 Å². The van der Waals surface area contributed by atoms with Gasteiger partial charge in [0.15, 0.2) is 11.6 Å². The highest BCUT2D eigenvalue weighted by molar-refractivity contribution is 6.03. The van der Waals surface area contributed by atoms with Crippen molar-refractivity contribution in [1.29, 1.82) is 0 Å². The van der Waals surface area contributed by atoms with Crippen LogP contribution in [0.25, 0.3) is 5.70 Å². The van der Waals surface area contributed by atoms with E-state index < -0.39 is 5.82 Å². The standard InChI is InChI=1S/C26H31FN4O4/c1-4-28-21-12-13-22(35-15-14-34-3)26(27)25(21)17(2)29-19-8-10-20(11-9-19)31-24(33)16-23(32)30-18-6-5-7-18/h4,8-13,18,29H,2,5-7,14-16H2,1,3H3,(H,30,32)(H,31,33). The Hall–Kier alpha value is -3.72. The topological polar surface area (TPSA) is 101 Å². The van der Waals surface area contributed by atoms with Crippen molar-refractivity contribution in [2.75, 3.05) is 31.0 Å². The van der Waals surface area contributed by atoms with Crippen LogP contribution in [0.2, 0.25) is 0 Å². The maximum atomic E-state index is 15.2. The molecule has 1 aliphatic carbocycles. The van der Waals surface area contributed by atoms with Crippen LogP contribution in [-0.4, -0.2) is 44.4 Å². The second kappa shape index (κ2) is 12.7. The third-order valence-electron chi connectivity index (χ3n) is 5.45. The maximum absolute atomic E-state index is 15.2. The van der Waals surface area contributed by atoms with E-state index >= 15 is 4.39 Å². The zero-order valence-corrected chi connectivity index (χ0v) is 20.0. The van der Waals surface area contributed by atoms with Crippen molar-refractivity contribution in [2.45, 2.75) is 38.6 Å². The number of methoxy groups -OCH3 is 1. The summed E-state index contributed by atoms with van der Waals surface area (Å²) >= 11 is 0. The van der Waals surface area contributed by atoms with Gasteiger partial charge in [-0.15, -0.1) is 0 Å². The smallest absolute Gasteiger partial charge is 0.233 e. The van der Waals surface area contributed by atoms with E-state index in [-0.39, 0.29) is 42.2 Å². The van der Waals surface area contributed by atoms with E-state index in [1.807, 2.05) is 0 Å². The molecule has 0 aromatic heterocycles. The number of amides is 2. The van der Waals surface area contributed by atoms with Crippen molar-refractivity contribution in [2.24, 2.45) is 4.99 Å². The molecule has 3 N–H and O–H groups in total. The molecular formula is C26H31FN4O4. The predicted molar refractivity (Wildman–Crippen MR) is 136 cm³/mol. The minimum atomic E-state index is -0.578. The molecule has 186 valence electrons. The quantitative estimate of drug-likeness (QED) is 0.232. The summed E-state index contributed by atoms with van der Waals surface area (Å²) in [6, 6.07) is 10.2. The van der Waals surface area contributed by atoms with Crippen molar-refractivity contribution < 1.29 is 23.5 Å². The fraction of sp³-hybridized carbons (Fsp3) is 0.346. The molecule has 0 radical (unpaired) electrons. The lowest BCUT2D eigenvalue weighted by Gasteiger charge is -2.26. The number of carbonyl (C=O) groups excluding carboxylic acids is 2. The summed E-state index contributed by atoms with van der Waals surface area (Å²) in [5.41, 5.74) is 2.06. The van der Waals surface area contributed by atoms with Gasteiger partial charge in [-0.25, -0.2) is 4.39 Å². The van der Waals surface area contributed by atoms with E-state index in [4.69, 9.17) is 9.47 Å². The first-order valence-corrected chi connectivity index (χ1v) is 11.5. The molecule has 9 heteroatoms. The van der Waals surface area contributed by atoms with Gasteiger partial charge in [0.25, 0.3) is 0 Å². The second-order valence-corrected chi connectivity index (χ2v) is 8.10. The van der Waals surface area contributed by atoms with Gasteiger partial charge in [-0.1, -0.05) is 6.58 Å². The Morgan fingerprint density at radius 1 is 1.09 bits per heavy atom. The zero-order chi connectivity index (χ0) is 25.2. The number of rotatable bonds is 12. The van der Waals surface area contributed by atoms with E-state index in [2.05, 4.69) is 27.5 Å². The number of ether oxygens (including phenoxy) is 2. The lowest BCUT2D eigenvalue weighted by Crippen LogP contribution is -2.40. The summed E-state index contributed by atoms with van der Waals surface area (Å²) in [7, 11) is 1.54. The molecule has 0 heterocycles. The molecule has 2 aromatic rings. The van der Waals surface area contributed by atoms with Crippen molar-refractivity contribution in [3.63, 3.8) is 0 Å². The van der Waals surface area contributed by atoms with Crippen LogP contribution >= 0.6 is 0 Å². The SMILES string of the molecule is C=C(Nc1ccc(NC(=O)CC(=O)NC2CCC2)cc1)c1c(N=CC)ccc(OCCOC)c1F. The molecular weight excluding hydrogens is 451 g/mol. The summed E-state index contributed by atoms with van der Waals surface area (Å²) in [6.45, 7) is 6.26. The zero-order valence-electron chi connectivity index (χ0n) is 20.0. The fourth-order valence-electron chi connectivity index (χ4n) is 3.48. The van der Waals surface area contributed by atoms with Crippen molar-refractivity contribution in [3.05, 3.63) is 54.4 Å². The van der Waals surface area contributed by atoms with Gasteiger partial charge in [0.1, 0.15) is 13.0 Å². The van der Waals surface area contributed by atoms with Crippen LogP contribution in [0.15, 0.2) is 48.0 Å². The van der Waals surface area contributed by atoms with Crippen LogP contribution in [0.5, 0.6) is 5.75 Å². The normalized spacial score (nSPS) is 13.2. The number of aliphatic imine (C=N–C) groups is 1. The summed E-state index contributed by atoms with van der Waals surface area (Å²) in [5, 5.41) is 8.62. The van der Waals surface area contributed by atoms with E-state index in [9.17, 15) is 9.59 Å². The van der Waals surface area contributed by atoms with Crippen LogP contribution in [0, 0.1) is 5.82 Å². The number of hydrogen-bond acceptors (Lipinski definition) is 6. The summed E-state index contributed by atoms with van der Waals surface area (Å²) in [5.74, 6) is -1.16. The third kappa shape index (κ3) is 7.38. The Morgan fingerprint density at radius 2 is 1.77 bits per heavy atom. The molecule has 0 saturated heterocycles. The molecule has 1 fully saturated rings. The molecule has 0 atom stereocenters. The molecule has 2 amide bonds. The molecule has 0 bridgehead atoms. The summed E-state index contributed by atoms with van der Waals surface area (Å²) in [6.07, 6.45) is 4.39. The lowest BCUT2D eigenvalue weighted by molar-refractivity contribution is -0.127. The summed E-state index contributed by atoms with van der Waals surface area (Å²) in [4.78, 5) is 28.3. The van der Waals surface area contributed by atoms with Crippen LogP contribution < -0.4 is 20.7 Å². The molecule has 0 unspecified atom stereocenters. The molecule has 1 saturated carbocycles. The number of nitrogens with zero attached hydrogens (tertiary/aromatic N) is 1. The Kier molecular flexibility index (Phi) is 9.37. The lowest BCUT2D eigenvalue weighted by atomic mass is 9.93. The molecule has 3 rings (SSSR count). The predicted octanol–water partition coefficient (Wildman–Crippen LogP) is 4.65. The fourth-order valence-corrected chi connectivity index (χ4v) is 3.48. The van der Waals surface area contributed by atoms with Gasteiger partial charge in [0.2, 0.25) is 11.8 Å². The van der Waals surface area contributed by atoms with E-state index in [1.165, 1.54) is 6.07 Å². The van der Waals surface area contributed by atoms with Gasteiger partial charge in [-0.2, -0.15) is 0 Å². The highest BCUT2D eigenvalue weighted by Crippen LogP contribution is 2.34. The Bertz CT molecular complexity index is 1080. The van der Waals surface area contributed by atoms with Crippen molar-refractivity contribution in [3.8, 4) is 5.75 Å². The molecule has 0 aliphatic heterocycles. The average Bonchev–Trinajstić information content (AvgIpc) is 2.79. The number of halogens is 1. The first-order valence-electron chi connectivity index (χ1n) is 11.5. The number of nitrogens with one attached hydrogen (secondary N) is 3. The monoisotopic (exact) mass is 482 g/mol. The minimum Gasteiger partial charge on any atom is -0.488 e. The van der Waals surface area contributed by atoms with E-state index in [0.29, 0.717) is 29.4 Å². The van der Waals surface area contributed by atoms with Crippen LogP contribution in [0.3, 0.4) is 0 Å². The first-order chi connectivity index (χ1) is 16.9. The van der Waals surface area contributed by atoms with Gasteiger partial charge in [-0.3, -0.25) is 14.6 Å². The molecule has 35 heavy (non-hydrogen) atoms. The Labute approximate surface area is 204 Å². The van der Waals surface area contributed by atoms with Crippen molar-refractivity contribution in [1.82, 2.24) is 5.32 Å². The maximum Gasteiger partial charge on any atom is 0.233 e. The van der Waals surface area contributed by atoms with Crippen LogP contribution in [0.1, 0.15) is 38.2 Å². The Balaban J connectivity index is 1.63. The molecule has 0 spiro atoms. The van der Waals surface area contributed by atoms with Gasteiger partial charge in [0.05, 0.1) is 17.9 Å². The summed E-state index contributed by atoms with van der Waals surface area (Å²) < 4.78 is 25.7. The van der Waals surface area contributed by atoms with E-state index in [0.717, 1.165) is 19.3 Å². The number of anilines is 2. The van der Waals surface area contributed by atoms with Crippen LogP contribution in [-0.2, 0) is 14.3 Å². The largest absolute Gasteiger partial charge is 0.488 e. The molecule has 2 aromatic carbocycles. The third-order valence-corrected chi connectivity index (χ3v) is 5.45. The molecule has 8 nitrogen and oxygen atoms in total. The number of hydrogen-bond donors (Lipinski definition) is 3. The number of benzene rings is 2. The molecule has 1 aliphatic rings. The average molecular weight is 483 g/mol. The Morgan fingerprint density at radius 3 is 2.37 bits per heavy atom. The van der Waals surface area contributed by atoms with Gasteiger partial charge < -0.3 is 25.4 Å². The van der Waals surface area contributed by atoms with Gasteiger partial charge in [0, 0.05) is 36.4 Å². The first kappa shape index (κ1) is 25.9. The highest BCUT2D eigenvalue weighted by Gasteiger charge is 2.21. The number of carbonyl (C=O) groups is 2. The van der Waals surface area contributed by atoms with Gasteiger partial charge >= 0.3 is 0 Å². The van der Waals surface area contributed by atoms with E-state index in [1.54, 1.807) is 50.6 Å². The van der Waals surface area contributed by atoms with Crippen molar-refractivity contribution >= 4 is 40.8 Å². The second-order valence-electron chi connectivity index (χ2n) is 8.10. The van der Waals surface area contributed by atoms with Gasteiger partial charge in [-0.05, 0) is 62.6 Å². The highest BCUT2D eigenvalue weighted by atomic mass is 19.1.